The summed E-state index contributed by atoms with van der Waals surface area (Å²) in [5.41, 5.74) is 7.13. The van der Waals surface area contributed by atoms with Crippen LogP contribution in [0.2, 0.25) is 0 Å². The first-order valence-corrected chi connectivity index (χ1v) is 8.82. The number of nitrogens with zero attached hydrogens (tertiary/aromatic N) is 8. The normalized spacial score (nSPS) is 15.2. The number of nitrogens with two attached hydrogens (primary N) is 1. The molecule has 1 fully saturated rings. The fraction of sp³-hybridized carbons (Fsp3) is 0.278. The predicted molar refractivity (Wildman–Crippen MR) is 103 cm³/mol. The number of guanidine groups is 1. The van der Waals surface area contributed by atoms with E-state index in [1.54, 1.807) is 23.4 Å². The minimum Gasteiger partial charge on any atom is -0.370 e. The summed E-state index contributed by atoms with van der Waals surface area (Å²) < 4.78 is 1.74. The fourth-order valence-electron chi connectivity index (χ4n) is 2.92. The SMILES string of the molecule is NC(=NCc1ncn(-c2ccccc2)n1)N1CCN(c2ncccn2)CC1. The van der Waals surface area contributed by atoms with Crippen LogP contribution in [0.25, 0.3) is 5.69 Å². The van der Waals surface area contributed by atoms with Crippen molar-refractivity contribution in [3.05, 3.63) is 60.9 Å². The van der Waals surface area contributed by atoms with Gasteiger partial charge >= 0.3 is 0 Å². The lowest BCUT2D eigenvalue weighted by molar-refractivity contribution is 0.378. The molecule has 1 aliphatic heterocycles. The van der Waals surface area contributed by atoms with Crippen molar-refractivity contribution in [3.8, 4) is 5.69 Å². The average Bonchev–Trinajstić information content (AvgIpc) is 3.22. The highest BCUT2D eigenvalue weighted by Crippen LogP contribution is 2.10. The van der Waals surface area contributed by atoms with E-state index in [0.29, 0.717) is 18.3 Å². The lowest BCUT2D eigenvalue weighted by Gasteiger charge is -2.35. The summed E-state index contributed by atoms with van der Waals surface area (Å²) in [5, 5.41) is 4.45. The number of benzene rings is 1. The van der Waals surface area contributed by atoms with Gasteiger partial charge in [0.05, 0.1) is 5.69 Å². The lowest BCUT2D eigenvalue weighted by atomic mass is 10.3. The summed E-state index contributed by atoms with van der Waals surface area (Å²) in [7, 11) is 0. The molecule has 0 spiro atoms. The largest absolute Gasteiger partial charge is 0.370 e. The van der Waals surface area contributed by atoms with Gasteiger partial charge in [0.15, 0.2) is 11.8 Å². The van der Waals surface area contributed by atoms with Gasteiger partial charge < -0.3 is 15.5 Å². The third kappa shape index (κ3) is 4.02. The maximum absolute atomic E-state index is 6.16. The topological polar surface area (TPSA) is 101 Å². The molecule has 0 amide bonds. The van der Waals surface area contributed by atoms with Crippen molar-refractivity contribution in [1.29, 1.82) is 0 Å². The van der Waals surface area contributed by atoms with Crippen LogP contribution in [0, 0.1) is 0 Å². The minimum absolute atomic E-state index is 0.355. The molecule has 2 aromatic heterocycles. The van der Waals surface area contributed by atoms with Gasteiger partial charge in [-0.3, -0.25) is 0 Å². The van der Waals surface area contributed by atoms with E-state index in [1.807, 2.05) is 36.4 Å². The van der Waals surface area contributed by atoms with Crippen molar-refractivity contribution in [1.82, 2.24) is 29.6 Å². The number of piperazine rings is 1. The zero-order valence-corrected chi connectivity index (χ0v) is 14.9. The minimum atomic E-state index is 0.355. The number of aliphatic imine (C=N–C) groups is 1. The maximum atomic E-state index is 6.16. The highest BCUT2D eigenvalue weighted by atomic mass is 15.4. The van der Waals surface area contributed by atoms with Crippen molar-refractivity contribution in [2.75, 3.05) is 31.1 Å². The second-order valence-electron chi connectivity index (χ2n) is 6.14. The second-order valence-corrected chi connectivity index (χ2v) is 6.14. The first kappa shape index (κ1) is 17.0. The quantitative estimate of drug-likeness (QED) is 0.538. The fourth-order valence-corrected chi connectivity index (χ4v) is 2.92. The standard InChI is InChI=1S/C18H21N9/c19-17(25-9-11-26(12-10-25)18-20-7-4-8-21-18)22-13-16-23-14-27(24-16)15-5-2-1-3-6-15/h1-8,14H,9-13H2,(H2,19,22). The first-order valence-electron chi connectivity index (χ1n) is 8.82. The smallest absolute Gasteiger partial charge is 0.225 e. The van der Waals surface area contributed by atoms with Gasteiger partial charge in [0.2, 0.25) is 5.95 Å². The Bertz CT molecular complexity index is 883. The molecule has 0 bridgehead atoms. The van der Waals surface area contributed by atoms with E-state index in [9.17, 15) is 0 Å². The van der Waals surface area contributed by atoms with Crippen molar-refractivity contribution in [2.24, 2.45) is 10.7 Å². The van der Waals surface area contributed by atoms with Crippen LogP contribution in [0.1, 0.15) is 5.82 Å². The Morgan fingerprint density at radius 2 is 1.70 bits per heavy atom. The summed E-state index contributed by atoms with van der Waals surface area (Å²) >= 11 is 0. The Labute approximate surface area is 157 Å². The van der Waals surface area contributed by atoms with E-state index < -0.39 is 0 Å². The van der Waals surface area contributed by atoms with Gasteiger partial charge in [-0.15, -0.1) is 5.10 Å². The Morgan fingerprint density at radius 1 is 0.963 bits per heavy atom. The number of aromatic nitrogens is 5. The Hall–Kier alpha value is -3.49. The molecule has 0 radical (unpaired) electrons. The second kappa shape index (κ2) is 7.81. The highest BCUT2D eigenvalue weighted by molar-refractivity contribution is 5.78. The monoisotopic (exact) mass is 363 g/mol. The summed E-state index contributed by atoms with van der Waals surface area (Å²) in [4.78, 5) is 21.6. The van der Waals surface area contributed by atoms with Crippen LogP contribution in [-0.4, -0.2) is 61.8 Å². The number of hydrogen-bond acceptors (Lipinski definition) is 6. The zero-order valence-electron chi connectivity index (χ0n) is 14.9. The van der Waals surface area contributed by atoms with Gasteiger partial charge in [-0.1, -0.05) is 18.2 Å². The van der Waals surface area contributed by atoms with Crippen LogP contribution < -0.4 is 10.6 Å². The maximum Gasteiger partial charge on any atom is 0.225 e. The molecule has 0 unspecified atom stereocenters. The Morgan fingerprint density at radius 3 is 2.44 bits per heavy atom. The van der Waals surface area contributed by atoms with Crippen LogP contribution in [-0.2, 0) is 6.54 Å². The van der Waals surface area contributed by atoms with Crippen LogP contribution >= 0.6 is 0 Å². The van der Waals surface area contributed by atoms with Gasteiger partial charge in [-0.25, -0.2) is 24.6 Å². The summed E-state index contributed by atoms with van der Waals surface area (Å²) in [6.07, 6.45) is 5.20. The van der Waals surface area contributed by atoms with Crippen molar-refractivity contribution < 1.29 is 0 Å². The van der Waals surface area contributed by atoms with Crippen LogP contribution in [0.3, 0.4) is 0 Å². The van der Waals surface area contributed by atoms with Gasteiger partial charge in [0.1, 0.15) is 12.9 Å². The molecular formula is C18H21N9. The first-order chi connectivity index (χ1) is 13.3. The molecule has 2 N–H and O–H groups in total. The van der Waals surface area contributed by atoms with Crippen molar-refractivity contribution in [3.63, 3.8) is 0 Å². The van der Waals surface area contributed by atoms with Crippen LogP contribution in [0.15, 0.2) is 60.1 Å². The molecule has 3 aromatic rings. The Kier molecular flexibility index (Phi) is 4.91. The third-order valence-corrected chi connectivity index (χ3v) is 4.38. The molecule has 1 aliphatic rings. The summed E-state index contributed by atoms with van der Waals surface area (Å²) in [6, 6.07) is 11.7. The van der Waals surface area contributed by atoms with E-state index in [0.717, 1.165) is 37.8 Å². The molecule has 0 aliphatic carbocycles. The molecule has 0 atom stereocenters. The van der Waals surface area contributed by atoms with Crippen molar-refractivity contribution in [2.45, 2.75) is 6.54 Å². The molecular weight excluding hydrogens is 342 g/mol. The number of para-hydroxylation sites is 1. The third-order valence-electron chi connectivity index (χ3n) is 4.38. The van der Waals surface area contributed by atoms with E-state index in [2.05, 4.69) is 34.8 Å². The van der Waals surface area contributed by atoms with Gasteiger partial charge in [0.25, 0.3) is 0 Å². The average molecular weight is 363 g/mol. The molecule has 27 heavy (non-hydrogen) atoms. The molecule has 1 saturated heterocycles. The zero-order chi connectivity index (χ0) is 18.5. The Balaban J connectivity index is 1.33. The molecule has 4 rings (SSSR count). The summed E-state index contributed by atoms with van der Waals surface area (Å²) in [6.45, 7) is 3.52. The van der Waals surface area contributed by atoms with E-state index in [1.165, 1.54) is 0 Å². The predicted octanol–water partition coefficient (Wildman–Crippen LogP) is 0.694. The molecule has 3 heterocycles. The van der Waals surface area contributed by atoms with Gasteiger partial charge in [-0.05, 0) is 18.2 Å². The molecule has 0 saturated carbocycles. The van der Waals surface area contributed by atoms with Gasteiger partial charge in [0, 0.05) is 38.6 Å². The van der Waals surface area contributed by atoms with E-state index in [4.69, 9.17) is 5.73 Å². The van der Waals surface area contributed by atoms with Crippen molar-refractivity contribution >= 4 is 11.9 Å². The van der Waals surface area contributed by atoms with Gasteiger partial charge in [-0.2, -0.15) is 0 Å². The molecule has 138 valence electrons. The van der Waals surface area contributed by atoms with Crippen LogP contribution in [0.4, 0.5) is 5.95 Å². The highest BCUT2D eigenvalue weighted by Gasteiger charge is 2.19. The van der Waals surface area contributed by atoms with E-state index >= 15 is 0 Å². The number of anilines is 1. The van der Waals surface area contributed by atoms with Crippen LogP contribution in [0.5, 0.6) is 0 Å². The number of rotatable bonds is 4. The van der Waals surface area contributed by atoms with E-state index in [-0.39, 0.29) is 0 Å². The molecule has 1 aromatic carbocycles. The molecule has 9 heteroatoms. The number of hydrogen-bond donors (Lipinski definition) is 1. The summed E-state index contributed by atoms with van der Waals surface area (Å²) in [5.74, 6) is 1.90. The molecule has 9 nitrogen and oxygen atoms in total. The lowest BCUT2D eigenvalue weighted by Crippen LogP contribution is -2.51.